The molecule has 22 heavy (non-hydrogen) atoms. The normalized spacial score (nSPS) is 21.1. The Labute approximate surface area is 135 Å². The number of rotatable bonds is 8. The number of carbonyl (C=O) groups excluding carboxylic acids is 3. The average Bonchev–Trinajstić information content (AvgIpc) is 2.78. The summed E-state index contributed by atoms with van der Waals surface area (Å²) in [5.74, 6) is -4.05. The van der Waals surface area contributed by atoms with Crippen LogP contribution >= 0.6 is 11.6 Å². The lowest BCUT2D eigenvalue weighted by Crippen LogP contribution is -2.41. The van der Waals surface area contributed by atoms with Crippen LogP contribution in [-0.2, 0) is 23.9 Å². The van der Waals surface area contributed by atoms with Crippen molar-refractivity contribution >= 4 is 29.4 Å². The number of ether oxygens (including phenoxy) is 2. The quantitative estimate of drug-likeness (QED) is 0.289. The SMILES string of the molecule is C=CCN1C[C@@H](CCl)[C@H](C(C(=O)OCC)C(=O)OCC)C1=O. The van der Waals surface area contributed by atoms with Gasteiger partial charge in [0.05, 0.1) is 19.1 Å². The third kappa shape index (κ3) is 4.00. The monoisotopic (exact) mass is 331 g/mol. The van der Waals surface area contributed by atoms with Crippen LogP contribution in [0.1, 0.15) is 13.8 Å². The van der Waals surface area contributed by atoms with Crippen LogP contribution in [0.15, 0.2) is 12.7 Å². The predicted molar refractivity (Wildman–Crippen MR) is 81.2 cm³/mol. The molecule has 124 valence electrons. The summed E-state index contributed by atoms with van der Waals surface area (Å²) in [4.78, 5) is 38.4. The molecule has 1 aliphatic rings. The Bertz CT molecular complexity index is 422. The molecule has 1 aliphatic heterocycles. The molecule has 1 saturated heterocycles. The first-order valence-corrected chi connectivity index (χ1v) is 7.84. The summed E-state index contributed by atoms with van der Waals surface area (Å²) >= 11 is 5.93. The summed E-state index contributed by atoms with van der Waals surface area (Å²) in [7, 11) is 0. The maximum Gasteiger partial charge on any atom is 0.321 e. The van der Waals surface area contributed by atoms with E-state index in [9.17, 15) is 14.4 Å². The van der Waals surface area contributed by atoms with Crippen LogP contribution in [0.5, 0.6) is 0 Å². The molecular weight excluding hydrogens is 310 g/mol. The van der Waals surface area contributed by atoms with Crippen molar-refractivity contribution in [2.45, 2.75) is 13.8 Å². The Kier molecular flexibility index (Phi) is 7.38. The molecule has 1 fully saturated rings. The number of alkyl halides is 1. The molecule has 0 N–H and O–H groups in total. The Balaban J connectivity index is 3.09. The fourth-order valence-electron chi connectivity index (χ4n) is 2.63. The molecule has 0 aliphatic carbocycles. The second kappa shape index (κ2) is 8.78. The number of likely N-dealkylation sites (tertiary alicyclic amines) is 1. The van der Waals surface area contributed by atoms with E-state index in [-0.39, 0.29) is 30.9 Å². The first kappa shape index (κ1) is 18.5. The van der Waals surface area contributed by atoms with Gasteiger partial charge in [-0.1, -0.05) is 6.08 Å². The van der Waals surface area contributed by atoms with Crippen molar-refractivity contribution in [3.8, 4) is 0 Å². The molecule has 6 nitrogen and oxygen atoms in total. The molecular formula is C15H22ClNO5. The number of esters is 2. The van der Waals surface area contributed by atoms with E-state index in [2.05, 4.69) is 6.58 Å². The van der Waals surface area contributed by atoms with Gasteiger partial charge in [-0.15, -0.1) is 18.2 Å². The van der Waals surface area contributed by atoms with Crippen molar-refractivity contribution < 1.29 is 23.9 Å². The smallest absolute Gasteiger partial charge is 0.321 e. The van der Waals surface area contributed by atoms with Gasteiger partial charge in [0, 0.05) is 24.9 Å². The van der Waals surface area contributed by atoms with Gasteiger partial charge in [-0.05, 0) is 13.8 Å². The first-order chi connectivity index (χ1) is 10.5. The van der Waals surface area contributed by atoms with Crippen molar-refractivity contribution in [3.05, 3.63) is 12.7 Å². The molecule has 1 amide bonds. The van der Waals surface area contributed by atoms with Gasteiger partial charge in [-0.3, -0.25) is 14.4 Å². The number of hydrogen-bond donors (Lipinski definition) is 0. The molecule has 0 bridgehead atoms. The van der Waals surface area contributed by atoms with Gasteiger partial charge in [-0.25, -0.2) is 0 Å². The molecule has 0 aromatic carbocycles. The van der Waals surface area contributed by atoms with E-state index in [1.807, 2.05) is 0 Å². The highest BCUT2D eigenvalue weighted by atomic mass is 35.5. The summed E-state index contributed by atoms with van der Waals surface area (Å²) in [5.41, 5.74) is 0. The fraction of sp³-hybridized carbons (Fsp3) is 0.667. The molecule has 0 unspecified atom stereocenters. The highest BCUT2D eigenvalue weighted by Gasteiger charge is 2.51. The zero-order valence-electron chi connectivity index (χ0n) is 12.9. The van der Waals surface area contributed by atoms with Crippen LogP contribution in [-0.4, -0.2) is 54.9 Å². The minimum Gasteiger partial charge on any atom is -0.465 e. The summed E-state index contributed by atoms with van der Waals surface area (Å²) in [6.45, 7) is 7.85. The lowest BCUT2D eigenvalue weighted by molar-refractivity contribution is -0.167. The first-order valence-electron chi connectivity index (χ1n) is 7.30. The molecule has 1 rings (SSSR count). The zero-order chi connectivity index (χ0) is 16.7. The summed E-state index contributed by atoms with van der Waals surface area (Å²) in [5, 5.41) is 0. The van der Waals surface area contributed by atoms with Crippen molar-refractivity contribution in [1.29, 1.82) is 0 Å². The maximum absolute atomic E-state index is 12.5. The highest BCUT2D eigenvalue weighted by molar-refractivity contribution is 6.18. The van der Waals surface area contributed by atoms with Crippen molar-refractivity contribution in [1.82, 2.24) is 4.90 Å². The van der Waals surface area contributed by atoms with E-state index in [0.29, 0.717) is 13.1 Å². The van der Waals surface area contributed by atoms with E-state index in [1.54, 1.807) is 19.9 Å². The zero-order valence-corrected chi connectivity index (χ0v) is 13.7. The van der Waals surface area contributed by atoms with E-state index < -0.39 is 23.8 Å². The van der Waals surface area contributed by atoms with E-state index >= 15 is 0 Å². The van der Waals surface area contributed by atoms with E-state index in [4.69, 9.17) is 21.1 Å². The fourth-order valence-corrected chi connectivity index (χ4v) is 2.92. The number of halogens is 1. The van der Waals surface area contributed by atoms with Gasteiger partial charge in [0.1, 0.15) is 0 Å². The van der Waals surface area contributed by atoms with E-state index in [1.165, 1.54) is 4.90 Å². The van der Waals surface area contributed by atoms with Gasteiger partial charge in [0.2, 0.25) is 5.91 Å². The Morgan fingerprint density at radius 2 is 1.91 bits per heavy atom. The summed E-state index contributed by atoms with van der Waals surface area (Å²) in [6.07, 6.45) is 1.59. The molecule has 0 aromatic rings. The topological polar surface area (TPSA) is 72.9 Å². The molecule has 0 saturated carbocycles. The Hall–Kier alpha value is -1.56. The average molecular weight is 332 g/mol. The molecule has 7 heteroatoms. The van der Waals surface area contributed by atoms with Gasteiger partial charge < -0.3 is 14.4 Å². The number of hydrogen-bond acceptors (Lipinski definition) is 5. The largest absolute Gasteiger partial charge is 0.465 e. The summed E-state index contributed by atoms with van der Waals surface area (Å²) < 4.78 is 9.89. The van der Waals surface area contributed by atoms with Gasteiger partial charge >= 0.3 is 11.9 Å². The molecule has 0 spiro atoms. The maximum atomic E-state index is 12.5. The molecule has 2 atom stereocenters. The van der Waals surface area contributed by atoms with Crippen molar-refractivity contribution in [2.24, 2.45) is 17.8 Å². The predicted octanol–water partition coefficient (Wildman–Crippen LogP) is 1.23. The van der Waals surface area contributed by atoms with Gasteiger partial charge in [0.25, 0.3) is 0 Å². The third-order valence-corrected chi connectivity index (χ3v) is 3.94. The van der Waals surface area contributed by atoms with Crippen LogP contribution < -0.4 is 0 Å². The molecule has 0 aromatic heterocycles. The number of carbonyl (C=O) groups is 3. The summed E-state index contributed by atoms with van der Waals surface area (Å²) in [6, 6.07) is 0. The van der Waals surface area contributed by atoms with Crippen LogP contribution in [0.25, 0.3) is 0 Å². The van der Waals surface area contributed by atoms with Crippen molar-refractivity contribution in [2.75, 3.05) is 32.2 Å². The minimum absolute atomic E-state index is 0.123. The third-order valence-electron chi connectivity index (χ3n) is 3.55. The van der Waals surface area contributed by atoms with Crippen LogP contribution in [0.3, 0.4) is 0 Å². The Morgan fingerprint density at radius 3 is 2.32 bits per heavy atom. The standard InChI is InChI=1S/C15H22ClNO5/c1-4-7-17-9-10(8-16)11(13(17)18)12(14(19)21-5-2)15(20)22-6-3/h4,10-12H,1,5-9H2,2-3H3/t10-,11-/m1/s1. The lowest BCUT2D eigenvalue weighted by atomic mass is 9.84. The Morgan fingerprint density at radius 1 is 1.36 bits per heavy atom. The van der Waals surface area contributed by atoms with Gasteiger partial charge in [0.15, 0.2) is 5.92 Å². The molecule has 1 heterocycles. The van der Waals surface area contributed by atoms with Crippen LogP contribution in [0.4, 0.5) is 0 Å². The number of nitrogens with zero attached hydrogens (tertiary/aromatic N) is 1. The second-order valence-electron chi connectivity index (χ2n) is 4.95. The molecule has 0 radical (unpaired) electrons. The van der Waals surface area contributed by atoms with E-state index in [0.717, 1.165) is 0 Å². The number of amides is 1. The minimum atomic E-state index is -1.27. The lowest BCUT2D eigenvalue weighted by Gasteiger charge is -2.22. The highest BCUT2D eigenvalue weighted by Crippen LogP contribution is 2.33. The van der Waals surface area contributed by atoms with Crippen LogP contribution in [0.2, 0.25) is 0 Å². The second-order valence-corrected chi connectivity index (χ2v) is 5.26. The van der Waals surface area contributed by atoms with Gasteiger partial charge in [-0.2, -0.15) is 0 Å². The van der Waals surface area contributed by atoms with Crippen molar-refractivity contribution in [3.63, 3.8) is 0 Å². The van der Waals surface area contributed by atoms with Crippen LogP contribution in [0, 0.1) is 17.8 Å².